The molecule has 5 aromatic rings. The number of aromatic amines is 5. The Labute approximate surface area is 165 Å². The topological polar surface area (TPSA) is 91.8 Å². The number of hydrogen-bond donors (Lipinski definition) is 5. The largest absolute Gasteiger partial charge is 0.355 e. The van der Waals surface area contributed by atoms with Crippen molar-refractivity contribution in [3.63, 3.8) is 0 Å². The van der Waals surface area contributed by atoms with Crippen LogP contribution < -0.4 is 21.4 Å². The quantitative estimate of drug-likeness (QED) is 0.287. The lowest BCUT2D eigenvalue weighted by molar-refractivity contribution is 1.16. The number of H-pyrrole nitrogens is 5. The van der Waals surface area contributed by atoms with E-state index in [1.807, 2.05) is 6.20 Å². The zero-order chi connectivity index (χ0) is 19.2. The second-order valence-electron chi connectivity index (χ2n) is 7.14. The minimum absolute atomic E-state index is 0.812. The first-order valence-corrected chi connectivity index (χ1v) is 9.48. The summed E-state index contributed by atoms with van der Waals surface area (Å²) in [6.07, 6.45) is 9.90. The highest BCUT2D eigenvalue weighted by molar-refractivity contribution is 5.74. The van der Waals surface area contributed by atoms with Gasteiger partial charge in [0.25, 0.3) is 0 Å². The first kappa shape index (κ1) is 15.8. The predicted octanol–water partition coefficient (Wildman–Crippen LogP) is 0.769. The lowest BCUT2D eigenvalue weighted by Gasteiger charge is -2.01. The van der Waals surface area contributed by atoms with Gasteiger partial charge in [0, 0.05) is 45.5 Å². The van der Waals surface area contributed by atoms with Crippen molar-refractivity contribution >= 4 is 23.8 Å². The van der Waals surface area contributed by atoms with E-state index in [9.17, 15) is 0 Å². The smallest absolute Gasteiger partial charge is 0.141 e. The molecule has 0 amide bonds. The molecule has 8 bridgehead atoms. The third kappa shape index (κ3) is 2.87. The maximum atomic E-state index is 4.49. The van der Waals surface area contributed by atoms with Crippen molar-refractivity contribution in [3.8, 4) is 0 Å². The Morgan fingerprint density at radius 1 is 0.586 bits per heavy atom. The minimum atomic E-state index is 0.812. The van der Waals surface area contributed by atoms with Gasteiger partial charge in [-0.2, -0.15) is 0 Å². The van der Waals surface area contributed by atoms with E-state index in [1.54, 1.807) is 6.20 Å². The maximum absolute atomic E-state index is 4.49. The lowest BCUT2D eigenvalue weighted by atomic mass is 10.1. The Bertz CT molecular complexity index is 1550. The van der Waals surface area contributed by atoms with Crippen LogP contribution in [0.25, 0.3) is 23.8 Å². The standard InChI is InChI=1S/C23H18N6/c1-3-16-12-18-5-7-20(28-18)22(23-24-9-10-25-23)21-8-6-19(29-21)13-17-4-2-15(27-17)11-14(1)26-16/h1-13,26-29H,(H,24,25). The molecular formula is C23H18N6. The van der Waals surface area contributed by atoms with E-state index in [2.05, 4.69) is 96.7 Å². The third-order valence-electron chi connectivity index (χ3n) is 5.09. The fourth-order valence-electron chi connectivity index (χ4n) is 3.78. The van der Waals surface area contributed by atoms with Crippen LogP contribution in [0, 0.1) is 0 Å². The fourth-order valence-corrected chi connectivity index (χ4v) is 3.78. The van der Waals surface area contributed by atoms with Crippen LogP contribution >= 0.6 is 0 Å². The molecule has 0 fully saturated rings. The van der Waals surface area contributed by atoms with Crippen LogP contribution in [-0.4, -0.2) is 29.9 Å². The molecule has 5 aromatic heterocycles. The Morgan fingerprint density at radius 3 is 1.97 bits per heavy atom. The number of nitrogens with one attached hydrogen (secondary N) is 5. The number of aromatic nitrogens is 6. The molecule has 0 aliphatic carbocycles. The van der Waals surface area contributed by atoms with Crippen molar-refractivity contribution in [2.24, 2.45) is 0 Å². The molecule has 0 atom stereocenters. The van der Waals surface area contributed by atoms with Crippen molar-refractivity contribution in [3.05, 3.63) is 111 Å². The van der Waals surface area contributed by atoms with Crippen LogP contribution in [0.1, 0.15) is 28.6 Å². The van der Waals surface area contributed by atoms with Crippen LogP contribution in [0.5, 0.6) is 0 Å². The van der Waals surface area contributed by atoms with Crippen molar-refractivity contribution in [1.82, 2.24) is 29.9 Å². The van der Waals surface area contributed by atoms with E-state index < -0.39 is 0 Å². The molecule has 0 saturated heterocycles. The van der Waals surface area contributed by atoms with Gasteiger partial charge in [-0.3, -0.25) is 0 Å². The van der Waals surface area contributed by atoms with Crippen molar-refractivity contribution in [2.75, 3.05) is 0 Å². The first-order valence-electron chi connectivity index (χ1n) is 9.48. The Kier molecular flexibility index (Phi) is 3.37. The van der Waals surface area contributed by atoms with E-state index in [0.29, 0.717) is 0 Å². The highest BCUT2D eigenvalue weighted by Gasteiger charge is 2.11. The molecule has 6 heterocycles. The third-order valence-corrected chi connectivity index (χ3v) is 5.09. The van der Waals surface area contributed by atoms with Gasteiger partial charge in [-0.05, 0) is 66.8 Å². The van der Waals surface area contributed by atoms with Crippen LogP contribution in [0.4, 0.5) is 0 Å². The number of fused-ring (bicyclic) bond motifs is 8. The van der Waals surface area contributed by atoms with Crippen molar-refractivity contribution < 1.29 is 0 Å². The Morgan fingerprint density at radius 2 is 1.24 bits per heavy atom. The summed E-state index contributed by atoms with van der Waals surface area (Å²) in [5.41, 5.74) is 5.09. The summed E-state index contributed by atoms with van der Waals surface area (Å²) >= 11 is 0. The predicted molar refractivity (Wildman–Crippen MR) is 113 cm³/mol. The van der Waals surface area contributed by atoms with Gasteiger partial charge in [0.1, 0.15) is 5.82 Å². The summed E-state index contributed by atoms with van der Waals surface area (Å²) < 4.78 is 0. The monoisotopic (exact) mass is 378 g/mol. The van der Waals surface area contributed by atoms with Crippen LogP contribution in [0.15, 0.2) is 60.9 Å². The molecule has 140 valence electrons. The molecule has 6 rings (SSSR count). The van der Waals surface area contributed by atoms with E-state index in [0.717, 1.165) is 55.6 Å². The molecular weight excluding hydrogens is 360 g/mol. The average Bonchev–Trinajstić information content (AvgIpc) is 3.51. The summed E-state index contributed by atoms with van der Waals surface area (Å²) in [5.74, 6) is 0.812. The number of imidazole rings is 1. The molecule has 29 heavy (non-hydrogen) atoms. The molecule has 0 aromatic carbocycles. The van der Waals surface area contributed by atoms with Gasteiger partial charge < -0.3 is 24.9 Å². The van der Waals surface area contributed by atoms with Gasteiger partial charge in [0.2, 0.25) is 0 Å². The van der Waals surface area contributed by atoms with E-state index in [4.69, 9.17) is 0 Å². The van der Waals surface area contributed by atoms with Crippen LogP contribution in [0.2, 0.25) is 0 Å². The highest BCUT2D eigenvalue weighted by Crippen LogP contribution is 2.17. The average molecular weight is 378 g/mol. The maximum Gasteiger partial charge on any atom is 0.141 e. The van der Waals surface area contributed by atoms with Crippen molar-refractivity contribution in [2.45, 2.75) is 0 Å². The molecule has 0 radical (unpaired) electrons. The van der Waals surface area contributed by atoms with E-state index >= 15 is 0 Å². The van der Waals surface area contributed by atoms with Gasteiger partial charge >= 0.3 is 0 Å². The number of rotatable bonds is 1. The molecule has 6 heteroatoms. The molecule has 0 saturated carbocycles. The fraction of sp³-hybridized carbons (Fsp3) is 0. The normalized spacial score (nSPS) is 12.9. The summed E-state index contributed by atoms with van der Waals surface area (Å²) in [5, 5.41) is 4.10. The van der Waals surface area contributed by atoms with Gasteiger partial charge in [-0.1, -0.05) is 0 Å². The molecule has 0 spiro atoms. The lowest BCUT2D eigenvalue weighted by Crippen LogP contribution is -2.15. The van der Waals surface area contributed by atoms with Crippen LogP contribution in [-0.2, 0) is 0 Å². The second kappa shape index (κ2) is 6.17. The second-order valence-corrected chi connectivity index (χ2v) is 7.14. The summed E-state index contributed by atoms with van der Waals surface area (Å²) in [7, 11) is 0. The summed E-state index contributed by atoms with van der Waals surface area (Å²) in [6, 6.07) is 16.6. The summed E-state index contributed by atoms with van der Waals surface area (Å²) in [6.45, 7) is 0. The Balaban J connectivity index is 1.68. The number of hydrogen-bond acceptors (Lipinski definition) is 1. The minimum Gasteiger partial charge on any atom is -0.355 e. The van der Waals surface area contributed by atoms with Crippen LogP contribution in [0.3, 0.4) is 0 Å². The Hall–Kier alpha value is -4.19. The molecule has 1 aliphatic heterocycles. The van der Waals surface area contributed by atoms with Gasteiger partial charge in [0.05, 0.1) is 16.6 Å². The zero-order valence-electron chi connectivity index (χ0n) is 15.5. The molecule has 0 unspecified atom stereocenters. The first-order chi connectivity index (χ1) is 14.3. The van der Waals surface area contributed by atoms with Gasteiger partial charge in [-0.25, -0.2) is 4.98 Å². The van der Waals surface area contributed by atoms with E-state index in [1.165, 1.54) is 0 Å². The van der Waals surface area contributed by atoms with Gasteiger partial charge in [-0.15, -0.1) is 0 Å². The van der Waals surface area contributed by atoms with E-state index in [-0.39, 0.29) is 0 Å². The molecule has 5 N–H and O–H groups in total. The van der Waals surface area contributed by atoms with Gasteiger partial charge in [0.15, 0.2) is 0 Å². The SMILES string of the molecule is C1=c2ccc([nH]2)=Cc2ccc([nH]2)C(c2ncc[nH]2)=c2ccc([nH]2)=Cc2ccc1[nH]2. The zero-order valence-corrected chi connectivity index (χ0v) is 15.5. The number of nitrogens with zero attached hydrogens (tertiary/aromatic N) is 1. The highest BCUT2D eigenvalue weighted by atomic mass is 14.9. The summed E-state index contributed by atoms with van der Waals surface area (Å²) in [4.78, 5) is 21.6. The molecule has 1 aliphatic rings. The van der Waals surface area contributed by atoms with Crippen molar-refractivity contribution in [1.29, 1.82) is 0 Å². The molecule has 6 nitrogen and oxygen atoms in total.